The molecule has 2 heterocycles. The highest BCUT2D eigenvalue weighted by atomic mass is 35.5. The zero-order chi connectivity index (χ0) is 24.0. The lowest BCUT2D eigenvalue weighted by atomic mass is 9.53. The SMILES string of the molecule is COc1ccc(C2OC3(c4cccc(Cl)c4)OC(=N)C(C#N)(C3C)C2(C#N)C#N)c(OC)c1. The molecule has 1 N–H and O–H groups in total. The van der Waals surface area contributed by atoms with E-state index in [4.69, 9.17) is 36.0 Å². The molecule has 4 atom stereocenters. The normalized spacial score (nSPS) is 29.2. The minimum Gasteiger partial charge on any atom is -0.497 e. The van der Waals surface area contributed by atoms with Gasteiger partial charge in [-0.3, -0.25) is 5.41 Å². The lowest BCUT2D eigenvalue weighted by Gasteiger charge is -2.49. The van der Waals surface area contributed by atoms with E-state index in [-0.39, 0.29) is 0 Å². The quantitative estimate of drug-likeness (QED) is 0.708. The molecule has 0 amide bonds. The Morgan fingerprint density at radius 2 is 1.76 bits per heavy atom. The minimum absolute atomic E-state index is 0.295. The number of halogens is 1. The van der Waals surface area contributed by atoms with Crippen molar-refractivity contribution < 1.29 is 18.9 Å². The highest BCUT2D eigenvalue weighted by Crippen LogP contribution is 2.69. The molecule has 2 bridgehead atoms. The van der Waals surface area contributed by atoms with E-state index in [0.717, 1.165) is 0 Å². The predicted octanol–water partition coefficient (Wildman–Crippen LogP) is 4.47. The van der Waals surface area contributed by atoms with Crippen molar-refractivity contribution in [1.82, 2.24) is 0 Å². The van der Waals surface area contributed by atoms with Gasteiger partial charge in [0.25, 0.3) is 0 Å². The summed E-state index contributed by atoms with van der Waals surface area (Å²) < 4.78 is 23.2. The molecule has 2 saturated heterocycles. The van der Waals surface area contributed by atoms with Crippen LogP contribution in [0.5, 0.6) is 11.5 Å². The first-order valence-corrected chi connectivity index (χ1v) is 10.4. The van der Waals surface area contributed by atoms with Crippen molar-refractivity contribution >= 4 is 17.5 Å². The Kier molecular flexibility index (Phi) is 5.21. The molecule has 2 aromatic rings. The van der Waals surface area contributed by atoms with Crippen LogP contribution in [-0.2, 0) is 15.3 Å². The van der Waals surface area contributed by atoms with E-state index in [9.17, 15) is 15.8 Å². The fourth-order valence-corrected chi connectivity index (χ4v) is 5.08. The van der Waals surface area contributed by atoms with Gasteiger partial charge in [0.1, 0.15) is 17.6 Å². The molecule has 2 aliphatic rings. The van der Waals surface area contributed by atoms with Crippen molar-refractivity contribution in [3.8, 4) is 29.7 Å². The summed E-state index contributed by atoms with van der Waals surface area (Å²) in [5.74, 6) is -2.24. The minimum atomic E-state index is -2.11. The van der Waals surface area contributed by atoms with Crippen LogP contribution >= 0.6 is 11.6 Å². The maximum absolute atomic E-state index is 10.4. The van der Waals surface area contributed by atoms with Crippen LogP contribution in [0.4, 0.5) is 0 Å². The predicted molar refractivity (Wildman–Crippen MR) is 116 cm³/mol. The first-order valence-electron chi connectivity index (χ1n) is 9.97. The number of fused-ring (bicyclic) bond motifs is 2. The van der Waals surface area contributed by atoms with Gasteiger partial charge in [0, 0.05) is 22.2 Å². The average molecular weight is 463 g/mol. The summed E-state index contributed by atoms with van der Waals surface area (Å²) in [6.07, 6.45) is -1.30. The first-order chi connectivity index (χ1) is 15.8. The smallest absolute Gasteiger partial charge is 0.244 e. The summed E-state index contributed by atoms with van der Waals surface area (Å²) in [5.41, 5.74) is -3.23. The molecule has 0 spiro atoms. The monoisotopic (exact) mass is 462 g/mol. The Hall–Kier alpha value is -3.77. The van der Waals surface area contributed by atoms with Crippen molar-refractivity contribution in [3.63, 3.8) is 0 Å². The number of ether oxygens (including phenoxy) is 4. The van der Waals surface area contributed by atoms with Crippen molar-refractivity contribution in [2.45, 2.75) is 18.8 Å². The molecule has 2 fully saturated rings. The second-order valence-corrected chi connectivity index (χ2v) is 8.32. The summed E-state index contributed by atoms with van der Waals surface area (Å²) in [7, 11) is 2.93. The molecular formula is C24H19ClN4O4. The van der Waals surface area contributed by atoms with Gasteiger partial charge >= 0.3 is 0 Å². The van der Waals surface area contributed by atoms with Crippen LogP contribution < -0.4 is 9.47 Å². The van der Waals surface area contributed by atoms with Crippen LogP contribution in [0.3, 0.4) is 0 Å². The van der Waals surface area contributed by atoms with E-state index in [0.29, 0.717) is 27.6 Å². The molecule has 0 aliphatic carbocycles. The van der Waals surface area contributed by atoms with Gasteiger partial charge in [-0.2, -0.15) is 15.8 Å². The second kappa shape index (κ2) is 7.67. The van der Waals surface area contributed by atoms with Crippen molar-refractivity contribution in [2.75, 3.05) is 14.2 Å². The van der Waals surface area contributed by atoms with Gasteiger partial charge in [0.2, 0.25) is 17.1 Å². The Bertz CT molecular complexity index is 1260. The van der Waals surface area contributed by atoms with Crippen LogP contribution in [-0.4, -0.2) is 20.1 Å². The summed E-state index contributed by atoms with van der Waals surface area (Å²) in [4.78, 5) is 0. The maximum atomic E-state index is 10.4. The van der Waals surface area contributed by atoms with Crippen molar-refractivity contribution in [2.24, 2.45) is 16.7 Å². The molecule has 0 aromatic heterocycles. The zero-order valence-corrected chi connectivity index (χ0v) is 18.8. The number of benzene rings is 2. The second-order valence-electron chi connectivity index (χ2n) is 7.89. The summed E-state index contributed by atoms with van der Waals surface area (Å²) in [6.45, 7) is 1.64. The van der Waals surface area contributed by atoms with E-state index in [2.05, 4.69) is 6.07 Å². The van der Waals surface area contributed by atoms with E-state index < -0.39 is 34.5 Å². The number of nitrogens with zero attached hydrogens (tertiary/aromatic N) is 3. The lowest BCUT2D eigenvalue weighted by Crippen LogP contribution is -2.57. The molecule has 33 heavy (non-hydrogen) atoms. The number of methoxy groups -OCH3 is 2. The molecule has 0 radical (unpaired) electrons. The Balaban J connectivity index is 2.06. The topological polar surface area (TPSA) is 132 Å². The van der Waals surface area contributed by atoms with Crippen LogP contribution in [0.1, 0.15) is 24.2 Å². The molecule has 2 aliphatic heterocycles. The highest BCUT2D eigenvalue weighted by Gasteiger charge is 2.80. The first kappa shape index (κ1) is 22.4. The molecule has 4 unspecified atom stereocenters. The standard InChI is InChI=1S/C24H19ClN4O4/c1-14-23(13-28)21(29)33-24(14,15-5-4-6-16(25)9-15)32-20(22(23,11-26)12-27)18-8-7-17(30-2)10-19(18)31-3/h4-10,14,20,29H,1-3H3. The van der Waals surface area contributed by atoms with Gasteiger partial charge in [0.15, 0.2) is 5.41 Å². The number of nitriles is 3. The number of rotatable bonds is 4. The van der Waals surface area contributed by atoms with Gasteiger partial charge in [-0.1, -0.05) is 30.7 Å². The fourth-order valence-electron chi connectivity index (χ4n) is 4.89. The van der Waals surface area contributed by atoms with E-state index in [1.54, 1.807) is 49.4 Å². The van der Waals surface area contributed by atoms with Crippen molar-refractivity contribution in [1.29, 1.82) is 21.2 Å². The summed E-state index contributed by atoms with van der Waals surface area (Å²) in [5, 5.41) is 40.1. The van der Waals surface area contributed by atoms with E-state index in [1.807, 2.05) is 12.1 Å². The fraction of sp³-hybridized carbons (Fsp3) is 0.333. The molecule has 166 valence electrons. The number of hydrogen-bond acceptors (Lipinski definition) is 8. The highest BCUT2D eigenvalue weighted by molar-refractivity contribution is 6.30. The number of hydrogen-bond donors (Lipinski definition) is 1. The third kappa shape index (κ3) is 2.67. The Morgan fingerprint density at radius 1 is 1.03 bits per heavy atom. The van der Waals surface area contributed by atoms with E-state index in [1.165, 1.54) is 14.2 Å². The molecule has 4 rings (SSSR count). The van der Waals surface area contributed by atoms with Gasteiger partial charge < -0.3 is 18.9 Å². The molecule has 2 aromatic carbocycles. The van der Waals surface area contributed by atoms with Crippen molar-refractivity contribution in [3.05, 3.63) is 58.6 Å². The third-order valence-corrected chi connectivity index (χ3v) is 6.85. The Labute approximate surface area is 195 Å². The van der Waals surface area contributed by atoms with Gasteiger partial charge in [-0.15, -0.1) is 0 Å². The zero-order valence-electron chi connectivity index (χ0n) is 18.0. The maximum Gasteiger partial charge on any atom is 0.244 e. The van der Waals surface area contributed by atoms with Crippen LogP contribution in [0.25, 0.3) is 0 Å². The van der Waals surface area contributed by atoms with Gasteiger partial charge in [-0.05, 0) is 24.3 Å². The van der Waals surface area contributed by atoms with Gasteiger partial charge in [-0.25, -0.2) is 0 Å². The average Bonchev–Trinajstić information content (AvgIpc) is 3.00. The lowest BCUT2D eigenvalue weighted by molar-refractivity contribution is -0.288. The Morgan fingerprint density at radius 3 is 2.33 bits per heavy atom. The third-order valence-electron chi connectivity index (χ3n) is 6.62. The molecular weight excluding hydrogens is 444 g/mol. The number of nitrogens with one attached hydrogen (secondary N) is 1. The molecule has 0 saturated carbocycles. The van der Waals surface area contributed by atoms with Crippen LogP contribution in [0.15, 0.2) is 42.5 Å². The van der Waals surface area contributed by atoms with Crippen LogP contribution in [0, 0.1) is 56.2 Å². The largest absolute Gasteiger partial charge is 0.497 e. The molecule has 9 heteroatoms. The van der Waals surface area contributed by atoms with Gasteiger partial charge in [0.05, 0.1) is 38.3 Å². The summed E-state index contributed by atoms with van der Waals surface area (Å²) in [6, 6.07) is 17.7. The summed E-state index contributed by atoms with van der Waals surface area (Å²) >= 11 is 6.23. The molecule has 8 nitrogen and oxygen atoms in total. The van der Waals surface area contributed by atoms with E-state index >= 15 is 0 Å². The van der Waals surface area contributed by atoms with Crippen LogP contribution in [0.2, 0.25) is 5.02 Å².